The van der Waals surface area contributed by atoms with E-state index in [0.29, 0.717) is 26.1 Å². The molecule has 1 fully saturated rings. The maximum atomic E-state index is 12.6. The molecule has 0 aromatic carbocycles. The van der Waals surface area contributed by atoms with Gasteiger partial charge in [0.25, 0.3) is 0 Å². The van der Waals surface area contributed by atoms with Crippen LogP contribution in [-0.4, -0.2) is 25.2 Å². The van der Waals surface area contributed by atoms with E-state index in [2.05, 4.69) is 13.8 Å². The van der Waals surface area contributed by atoms with Crippen molar-refractivity contribution in [2.45, 2.75) is 90.9 Å². The first-order valence-electron chi connectivity index (χ1n) is 9.52. The van der Waals surface area contributed by atoms with Crippen molar-refractivity contribution in [1.82, 2.24) is 0 Å². The number of carbonyl (C=O) groups excluding carboxylic acids is 2. The minimum atomic E-state index is -1.05. The number of rotatable bonds is 10. The highest BCUT2D eigenvalue weighted by molar-refractivity contribution is 6.00. The summed E-state index contributed by atoms with van der Waals surface area (Å²) in [6.07, 6.45) is 11.1. The van der Waals surface area contributed by atoms with Crippen LogP contribution in [0.25, 0.3) is 0 Å². The third-order valence-corrected chi connectivity index (χ3v) is 4.70. The predicted octanol–water partition coefficient (Wildman–Crippen LogP) is 4.79. The molecule has 0 amide bonds. The second kappa shape index (κ2) is 11.5. The van der Waals surface area contributed by atoms with E-state index in [4.69, 9.17) is 9.47 Å². The van der Waals surface area contributed by atoms with Crippen molar-refractivity contribution in [2.24, 2.45) is 5.41 Å². The van der Waals surface area contributed by atoms with Crippen molar-refractivity contribution in [3.8, 4) is 0 Å². The van der Waals surface area contributed by atoms with Gasteiger partial charge in [-0.05, 0) is 25.7 Å². The fourth-order valence-corrected chi connectivity index (χ4v) is 3.13. The average Bonchev–Trinajstić information content (AvgIpc) is 2.82. The van der Waals surface area contributed by atoms with Crippen LogP contribution in [0.1, 0.15) is 90.9 Å². The third-order valence-electron chi connectivity index (χ3n) is 4.70. The number of hydrogen-bond donors (Lipinski definition) is 0. The van der Waals surface area contributed by atoms with Crippen LogP contribution in [0.4, 0.5) is 0 Å². The zero-order chi connectivity index (χ0) is 17.0. The van der Waals surface area contributed by atoms with E-state index in [-0.39, 0.29) is 11.9 Å². The Labute approximate surface area is 141 Å². The molecule has 0 unspecified atom stereocenters. The van der Waals surface area contributed by atoms with Gasteiger partial charge in [-0.15, -0.1) is 0 Å². The summed E-state index contributed by atoms with van der Waals surface area (Å²) in [6, 6.07) is 0. The zero-order valence-electron chi connectivity index (χ0n) is 15.0. The standard InChI is InChI=1S/C19H34O4/c1-3-5-11-15-22-17(20)19(13-9-7-8-10-14-19)18(21)23-16-12-6-4-2/h3-16H2,1-2H3. The lowest BCUT2D eigenvalue weighted by Crippen LogP contribution is -2.42. The Balaban J connectivity index is 2.64. The molecule has 4 heteroatoms. The highest BCUT2D eigenvalue weighted by Crippen LogP contribution is 2.37. The number of hydrogen-bond acceptors (Lipinski definition) is 4. The van der Waals surface area contributed by atoms with Gasteiger partial charge in [-0.1, -0.05) is 65.2 Å². The Kier molecular flexibility index (Phi) is 9.97. The molecule has 1 saturated carbocycles. The van der Waals surface area contributed by atoms with Gasteiger partial charge in [0.1, 0.15) is 0 Å². The van der Waals surface area contributed by atoms with E-state index < -0.39 is 5.41 Å². The van der Waals surface area contributed by atoms with Crippen LogP contribution in [0, 0.1) is 5.41 Å². The number of esters is 2. The largest absolute Gasteiger partial charge is 0.465 e. The quantitative estimate of drug-likeness (QED) is 0.250. The first kappa shape index (κ1) is 20.0. The van der Waals surface area contributed by atoms with Gasteiger partial charge in [-0.2, -0.15) is 0 Å². The minimum Gasteiger partial charge on any atom is -0.465 e. The predicted molar refractivity (Wildman–Crippen MR) is 91.1 cm³/mol. The molecule has 0 aromatic heterocycles. The van der Waals surface area contributed by atoms with Crippen LogP contribution in [0.15, 0.2) is 0 Å². The van der Waals surface area contributed by atoms with Crippen LogP contribution in [0.5, 0.6) is 0 Å². The lowest BCUT2D eigenvalue weighted by Gasteiger charge is -2.28. The first-order valence-corrected chi connectivity index (χ1v) is 9.52. The maximum absolute atomic E-state index is 12.6. The molecule has 0 aromatic rings. The van der Waals surface area contributed by atoms with Gasteiger partial charge in [0.15, 0.2) is 5.41 Å². The summed E-state index contributed by atoms with van der Waals surface area (Å²) in [5.41, 5.74) is -1.05. The van der Waals surface area contributed by atoms with Crippen molar-refractivity contribution in [3.63, 3.8) is 0 Å². The van der Waals surface area contributed by atoms with Gasteiger partial charge in [0, 0.05) is 0 Å². The molecule has 0 aliphatic heterocycles. The van der Waals surface area contributed by atoms with Gasteiger partial charge in [0.05, 0.1) is 13.2 Å². The molecular weight excluding hydrogens is 292 g/mol. The summed E-state index contributed by atoms with van der Waals surface area (Å²) in [4.78, 5) is 25.3. The van der Waals surface area contributed by atoms with Crippen molar-refractivity contribution >= 4 is 11.9 Å². The Morgan fingerprint density at radius 3 is 1.57 bits per heavy atom. The normalized spacial score (nSPS) is 17.3. The van der Waals surface area contributed by atoms with Crippen LogP contribution in [0.2, 0.25) is 0 Å². The van der Waals surface area contributed by atoms with Crippen molar-refractivity contribution in [1.29, 1.82) is 0 Å². The smallest absolute Gasteiger partial charge is 0.323 e. The second-order valence-corrected chi connectivity index (χ2v) is 6.68. The van der Waals surface area contributed by atoms with Crippen molar-refractivity contribution in [3.05, 3.63) is 0 Å². The molecular formula is C19H34O4. The molecule has 0 N–H and O–H groups in total. The van der Waals surface area contributed by atoms with E-state index in [1.54, 1.807) is 0 Å². The van der Waals surface area contributed by atoms with E-state index in [9.17, 15) is 9.59 Å². The molecule has 0 bridgehead atoms. The van der Waals surface area contributed by atoms with Gasteiger partial charge < -0.3 is 9.47 Å². The summed E-state index contributed by atoms with van der Waals surface area (Å²) in [5.74, 6) is -0.702. The molecule has 0 saturated heterocycles. The van der Waals surface area contributed by atoms with Crippen LogP contribution in [-0.2, 0) is 19.1 Å². The van der Waals surface area contributed by atoms with Gasteiger partial charge >= 0.3 is 11.9 Å². The van der Waals surface area contributed by atoms with Crippen molar-refractivity contribution < 1.29 is 19.1 Å². The highest BCUT2D eigenvalue weighted by Gasteiger charge is 2.48. The molecule has 134 valence electrons. The van der Waals surface area contributed by atoms with Gasteiger partial charge in [-0.3, -0.25) is 9.59 Å². The molecule has 1 aliphatic carbocycles. The summed E-state index contributed by atoms with van der Waals surface area (Å²) >= 11 is 0. The molecule has 1 rings (SSSR count). The summed E-state index contributed by atoms with van der Waals surface area (Å²) in [6.45, 7) is 5.06. The van der Waals surface area contributed by atoms with Crippen LogP contribution < -0.4 is 0 Å². The summed E-state index contributed by atoms with van der Waals surface area (Å²) in [5, 5.41) is 0. The highest BCUT2D eigenvalue weighted by atomic mass is 16.6. The fourth-order valence-electron chi connectivity index (χ4n) is 3.13. The van der Waals surface area contributed by atoms with Crippen LogP contribution >= 0.6 is 0 Å². The monoisotopic (exact) mass is 326 g/mol. The molecule has 0 atom stereocenters. The van der Waals surface area contributed by atoms with Gasteiger partial charge in [0.2, 0.25) is 0 Å². The van der Waals surface area contributed by atoms with E-state index in [1.165, 1.54) is 0 Å². The molecule has 23 heavy (non-hydrogen) atoms. The lowest BCUT2D eigenvalue weighted by molar-refractivity contribution is -0.174. The lowest BCUT2D eigenvalue weighted by atomic mass is 9.80. The summed E-state index contributed by atoms with van der Waals surface area (Å²) < 4.78 is 10.9. The summed E-state index contributed by atoms with van der Waals surface area (Å²) in [7, 11) is 0. The second-order valence-electron chi connectivity index (χ2n) is 6.68. The van der Waals surface area contributed by atoms with E-state index in [1.807, 2.05) is 0 Å². The van der Waals surface area contributed by atoms with Crippen LogP contribution in [0.3, 0.4) is 0 Å². The maximum Gasteiger partial charge on any atom is 0.323 e. The topological polar surface area (TPSA) is 52.6 Å². The number of carbonyl (C=O) groups is 2. The SMILES string of the molecule is CCCCCOC(=O)C1(C(=O)OCCCCC)CCCCCC1. The zero-order valence-corrected chi connectivity index (χ0v) is 15.0. The van der Waals surface area contributed by atoms with E-state index >= 15 is 0 Å². The van der Waals surface area contributed by atoms with E-state index in [0.717, 1.165) is 64.2 Å². The minimum absolute atomic E-state index is 0.351. The Bertz CT molecular complexity index is 317. The first-order chi connectivity index (χ1) is 11.2. The molecule has 0 heterocycles. The Hall–Kier alpha value is -1.06. The van der Waals surface area contributed by atoms with Crippen molar-refractivity contribution in [2.75, 3.05) is 13.2 Å². The number of unbranched alkanes of at least 4 members (excludes halogenated alkanes) is 4. The average molecular weight is 326 g/mol. The molecule has 0 radical (unpaired) electrons. The number of ether oxygens (including phenoxy) is 2. The van der Waals surface area contributed by atoms with Gasteiger partial charge in [-0.25, -0.2) is 0 Å². The molecule has 0 spiro atoms. The fraction of sp³-hybridized carbons (Fsp3) is 0.895. The molecule has 4 nitrogen and oxygen atoms in total. The molecule has 1 aliphatic rings. The Morgan fingerprint density at radius 1 is 0.739 bits per heavy atom. The third kappa shape index (κ3) is 6.52. The Morgan fingerprint density at radius 2 is 1.17 bits per heavy atom.